The maximum absolute atomic E-state index is 14.0. The number of esters is 1. The normalized spacial score (nSPS) is 16.0. The van der Waals surface area contributed by atoms with Gasteiger partial charge in [0.05, 0.1) is 5.56 Å². The van der Waals surface area contributed by atoms with Crippen LogP contribution in [0.1, 0.15) is 45.5 Å². The first-order valence-electron chi connectivity index (χ1n) is 7.50. The lowest BCUT2D eigenvalue weighted by atomic mass is 10.0. The highest BCUT2D eigenvalue weighted by atomic mass is 19.3. The van der Waals surface area contributed by atoms with Crippen molar-refractivity contribution in [1.29, 1.82) is 0 Å². The second-order valence-corrected chi connectivity index (χ2v) is 5.63. The molecule has 0 N–H and O–H groups in total. The molecule has 0 saturated carbocycles. The van der Waals surface area contributed by atoms with Crippen molar-refractivity contribution in [2.45, 2.75) is 25.9 Å². The first-order valence-corrected chi connectivity index (χ1v) is 7.50. The van der Waals surface area contributed by atoms with Crippen molar-refractivity contribution >= 4 is 11.8 Å². The van der Waals surface area contributed by atoms with Crippen LogP contribution in [0.15, 0.2) is 36.4 Å². The van der Waals surface area contributed by atoms with Crippen LogP contribution in [0.3, 0.4) is 0 Å². The van der Waals surface area contributed by atoms with E-state index >= 15 is 0 Å². The standard InChI is InChI=1S/C18H13F3O4/c1-9-8-12(22)16-14(7-6-11(19)15(9)16)24-17(23)10-4-2-3-5-13(10)25-18(20)21/h2-7,9,18H,8H2,1H3/t9-/m0/s1. The van der Waals surface area contributed by atoms with E-state index < -0.39 is 18.4 Å². The highest BCUT2D eigenvalue weighted by molar-refractivity contribution is 6.05. The quantitative estimate of drug-likeness (QED) is 0.608. The summed E-state index contributed by atoms with van der Waals surface area (Å²) in [5.41, 5.74) is -0.0000981. The van der Waals surface area contributed by atoms with Crippen LogP contribution >= 0.6 is 0 Å². The Morgan fingerprint density at radius 2 is 1.88 bits per heavy atom. The third-order valence-corrected chi connectivity index (χ3v) is 3.94. The Kier molecular flexibility index (Phi) is 4.48. The smallest absolute Gasteiger partial charge is 0.387 e. The van der Waals surface area contributed by atoms with E-state index in [0.29, 0.717) is 0 Å². The van der Waals surface area contributed by atoms with Crippen LogP contribution in [0.2, 0.25) is 0 Å². The summed E-state index contributed by atoms with van der Waals surface area (Å²) in [5, 5.41) is 0. The highest BCUT2D eigenvalue weighted by Crippen LogP contribution is 2.40. The van der Waals surface area contributed by atoms with Gasteiger partial charge in [0.15, 0.2) is 5.78 Å². The van der Waals surface area contributed by atoms with E-state index in [2.05, 4.69) is 4.74 Å². The van der Waals surface area contributed by atoms with Crippen LogP contribution in [0.25, 0.3) is 0 Å². The van der Waals surface area contributed by atoms with Crippen LogP contribution in [0.5, 0.6) is 11.5 Å². The SMILES string of the molecule is C[C@H]1CC(=O)c2c(OC(=O)c3ccccc3OC(F)F)ccc(F)c21. The average Bonchev–Trinajstić information content (AvgIpc) is 2.85. The molecule has 0 saturated heterocycles. The van der Waals surface area contributed by atoms with E-state index in [1.54, 1.807) is 6.92 Å². The highest BCUT2D eigenvalue weighted by Gasteiger charge is 2.33. The number of Topliss-reactive ketones (excluding diaryl/α,β-unsaturated/α-hetero) is 1. The Morgan fingerprint density at radius 3 is 2.60 bits per heavy atom. The summed E-state index contributed by atoms with van der Waals surface area (Å²) < 4.78 is 48.3. The summed E-state index contributed by atoms with van der Waals surface area (Å²) in [5.74, 6) is -2.62. The molecule has 1 aliphatic carbocycles. The lowest BCUT2D eigenvalue weighted by Crippen LogP contribution is -2.14. The lowest BCUT2D eigenvalue weighted by Gasteiger charge is -2.12. The predicted molar refractivity (Wildman–Crippen MR) is 81.8 cm³/mol. The zero-order valence-electron chi connectivity index (χ0n) is 13.1. The molecule has 0 amide bonds. The van der Waals surface area contributed by atoms with Gasteiger partial charge in [-0.1, -0.05) is 19.1 Å². The molecule has 0 aromatic heterocycles. The third kappa shape index (κ3) is 3.22. The van der Waals surface area contributed by atoms with Crippen molar-refractivity contribution in [3.8, 4) is 11.5 Å². The van der Waals surface area contributed by atoms with Gasteiger partial charge < -0.3 is 9.47 Å². The van der Waals surface area contributed by atoms with Gasteiger partial charge in [-0.25, -0.2) is 9.18 Å². The van der Waals surface area contributed by atoms with Gasteiger partial charge >= 0.3 is 12.6 Å². The van der Waals surface area contributed by atoms with E-state index in [1.165, 1.54) is 30.3 Å². The number of hydrogen-bond donors (Lipinski definition) is 0. The van der Waals surface area contributed by atoms with Gasteiger partial charge in [0.2, 0.25) is 0 Å². The molecule has 2 aromatic rings. The van der Waals surface area contributed by atoms with Crippen LogP contribution in [-0.4, -0.2) is 18.4 Å². The van der Waals surface area contributed by atoms with Crippen molar-refractivity contribution in [3.05, 3.63) is 58.9 Å². The van der Waals surface area contributed by atoms with E-state index in [9.17, 15) is 22.8 Å². The van der Waals surface area contributed by atoms with E-state index in [4.69, 9.17) is 4.74 Å². The van der Waals surface area contributed by atoms with Gasteiger partial charge in [0.1, 0.15) is 22.9 Å². The first-order chi connectivity index (χ1) is 11.9. The molecule has 0 fully saturated rings. The second kappa shape index (κ2) is 6.58. The number of rotatable bonds is 4. The van der Waals surface area contributed by atoms with Crippen molar-refractivity contribution in [2.75, 3.05) is 0 Å². The molecule has 1 aliphatic rings. The van der Waals surface area contributed by atoms with Crippen LogP contribution in [0.4, 0.5) is 13.2 Å². The van der Waals surface area contributed by atoms with Gasteiger partial charge in [0, 0.05) is 12.0 Å². The Morgan fingerprint density at radius 1 is 1.16 bits per heavy atom. The number of benzene rings is 2. The fourth-order valence-corrected chi connectivity index (χ4v) is 2.90. The predicted octanol–water partition coefficient (Wildman–Crippen LogP) is 4.34. The largest absolute Gasteiger partial charge is 0.434 e. The molecular weight excluding hydrogens is 337 g/mol. The molecule has 0 aliphatic heterocycles. The topological polar surface area (TPSA) is 52.6 Å². The van der Waals surface area contributed by atoms with E-state index in [-0.39, 0.29) is 46.3 Å². The number of alkyl halides is 2. The molecule has 0 radical (unpaired) electrons. The van der Waals surface area contributed by atoms with Crippen LogP contribution < -0.4 is 9.47 Å². The summed E-state index contributed by atoms with van der Waals surface area (Å²) >= 11 is 0. The maximum atomic E-state index is 14.0. The first kappa shape index (κ1) is 17.0. The second-order valence-electron chi connectivity index (χ2n) is 5.63. The Hall–Kier alpha value is -2.83. The minimum absolute atomic E-state index is 0.0214. The molecule has 4 nitrogen and oxygen atoms in total. The van der Waals surface area contributed by atoms with Gasteiger partial charge in [-0.15, -0.1) is 0 Å². The van der Waals surface area contributed by atoms with Crippen LogP contribution in [-0.2, 0) is 0 Å². The molecule has 7 heteroatoms. The molecule has 2 aromatic carbocycles. The minimum atomic E-state index is -3.11. The molecule has 130 valence electrons. The fraction of sp³-hybridized carbons (Fsp3) is 0.222. The van der Waals surface area contributed by atoms with E-state index in [1.807, 2.05) is 0 Å². The zero-order valence-corrected chi connectivity index (χ0v) is 13.1. The Bertz CT molecular complexity index is 848. The van der Waals surface area contributed by atoms with Gasteiger partial charge in [0.25, 0.3) is 0 Å². The molecule has 0 heterocycles. The number of fused-ring (bicyclic) bond motifs is 1. The monoisotopic (exact) mass is 350 g/mol. The van der Waals surface area contributed by atoms with Crippen LogP contribution in [0, 0.1) is 5.82 Å². The summed E-state index contributed by atoms with van der Waals surface area (Å²) in [6, 6.07) is 7.63. The number of ether oxygens (including phenoxy) is 2. The minimum Gasteiger partial charge on any atom is -0.434 e. The molecular formula is C18H13F3O4. The van der Waals surface area contributed by atoms with Gasteiger partial charge in [-0.05, 0) is 30.2 Å². The van der Waals surface area contributed by atoms with Crippen molar-refractivity contribution in [2.24, 2.45) is 0 Å². The number of carbonyl (C=O) groups is 2. The van der Waals surface area contributed by atoms with Crippen molar-refractivity contribution in [3.63, 3.8) is 0 Å². The summed E-state index contributed by atoms with van der Waals surface area (Å²) in [6.45, 7) is -1.41. The number of ketones is 1. The van der Waals surface area contributed by atoms with E-state index in [0.717, 1.165) is 6.07 Å². The lowest BCUT2D eigenvalue weighted by molar-refractivity contribution is -0.0503. The molecule has 0 spiro atoms. The van der Waals surface area contributed by atoms with Gasteiger partial charge in [-0.3, -0.25) is 4.79 Å². The maximum Gasteiger partial charge on any atom is 0.387 e. The number of hydrogen-bond acceptors (Lipinski definition) is 4. The van der Waals surface area contributed by atoms with Crippen molar-refractivity contribution < 1.29 is 32.2 Å². The van der Waals surface area contributed by atoms with Gasteiger partial charge in [-0.2, -0.15) is 8.78 Å². The number of halogens is 3. The summed E-state index contributed by atoms with van der Waals surface area (Å²) in [4.78, 5) is 24.4. The third-order valence-electron chi connectivity index (χ3n) is 3.94. The number of para-hydroxylation sites is 1. The molecule has 3 rings (SSSR count). The van der Waals surface area contributed by atoms with Crippen molar-refractivity contribution in [1.82, 2.24) is 0 Å². The molecule has 0 unspecified atom stereocenters. The molecule has 25 heavy (non-hydrogen) atoms. The Balaban J connectivity index is 1.95. The zero-order chi connectivity index (χ0) is 18.1. The molecule has 1 atom stereocenters. The molecule has 0 bridgehead atoms. The average molecular weight is 350 g/mol. The Labute approximate surface area is 141 Å². The summed E-state index contributed by atoms with van der Waals surface area (Å²) in [7, 11) is 0. The summed E-state index contributed by atoms with van der Waals surface area (Å²) in [6.07, 6.45) is 0.117. The fourth-order valence-electron chi connectivity index (χ4n) is 2.90. The number of carbonyl (C=O) groups excluding carboxylic acids is 2.